The fraction of sp³-hybridized carbons (Fsp3) is 0.545. The molecule has 0 bridgehead atoms. The minimum absolute atomic E-state index is 0.113. The topological polar surface area (TPSA) is 113 Å². The SMILES string of the molecule is CCCCCC(C)(O)CS[C@H]1[C@H](O)CC(=O)[C@@H]1CCCCCCC(=O)Oc1ccccc1NC(=O)c1ccccc1. The average Bonchev–Trinajstić information content (AvgIpc) is 3.22. The third-order valence-electron chi connectivity index (χ3n) is 7.55. The van der Waals surface area contributed by atoms with Gasteiger partial charge in [-0.2, -0.15) is 11.8 Å². The summed E-state index contributed by atoms with van der Waals surface area (Å²) in [4.78, 5) is 37.6. The molecule has 1 amide bonds. The van der Waals surface area contributed by atoms with Gasteiger partial charge in [0.1, 0.15) is 5.78 Å². The van der Waals surface area contributed by atoms with Crippen molar-refractivity contribution in [3.05, 3.63) is 60.2 Å². The number of hydrogen-bond acceptors (Lipinski definition) is 7. The number of esters is 1. The lowest BCUT2D eigenvalue weighted by molar-refractivity contribution is -0.134. The molecule has 3 rings (SSSR count). The van der Waals surface area contributed by atoms with Crippen LogP contribution in [0.3, 0.4) is 0 Å². The molecule has 0 heterocycles. The molecular formula is C33H45NO6S. The summed E-state index contributed by atoms with van der Waals surface area (Å²) in [5.74, 6) is 0.121. The summed E-state index contributed by atoms with van der Waals surface area (Å²) < 4.78 is 5.55. The van der Waals surface area contributed by atoms with Crippen molar-refractivity contribution in [1.82, 2.24) is 0 Å². The first kappa shape index (κ1) is 32.8. The molecule has 0 aromatic heterocycles. The van der Waals surface area contributed by atoms with Gasteiger partial charge in [0.25, 0.3) is 5.91 Å². The molecule has 1 unspecified atom stereocenters. The Labute approximate surface area is 248 Å². The van der Waals surface area contributed by atoms with Gasteiger partial charge in [0.05, 0.1) is 17.4 Å². The third kappa shape index (κ3) is 10.9. The third-order valence-corrected chi connectivity index (χ3v) is 9.36. The quantitative estimate of drug-likeness (QED) is 0.110. The van der Waals surface area contributed by atoms with E-state index < -0.39 is 11.7 Å². The van der Waals surface area contributed by atoms with Crippen LogP contribution in [0.15, 0.2) is 54.6 Å². The Balaban J connectivity index is 1.37. The van der Waals surface area contributed by atoms with Crippen molar-refractivity contribution < 1.29 is 29.3 Å². The van der Waals surface area contributed by atoms with Gasteiger partial charge in [-0.1, -0.05) is 75.8 Å². The van der Waals surface area contributed by atoms with Crippen LogP contribution >= 0.6 is 11.8 Å². The average molecular weight is 584 g/mol. The molecule has 7 nitrogen and oxygen atoms in total. The monoisotopic (exact) mass is 583 g/mol. The zero-order valence-electron chi connectivity index (χ0n) is 24.3. The number of hydrogen-bond donors (Lipinski definition) is 3. The predicted octanol–water partition coefficient (Wildman–Crippen LogP) is 6.57. The van der Waals surface area contributed by atoms with Crippen LogP contribution in [0.1, 0.15) is 94.8 Å². The molecule has 1 aliphatic carbocycles. The van der Waals surface area contributed by atoms with Gasteiger partial charge in [0.15, 0.2) is 5.75 Å². The highest BCUT2D eigenvalue weighted by molar-refractivity contribution is 8.00. The van der Waals surface area contributed by atoms with Crippen molar-refractivity contribution in [2.45, 2.75) is 101 Å². The number of amides is 1. The summed E-state index contributed by atoms with van der Waals surface area (Å²) in [6.45, 7) is 3.98. The fourth-order valence-electron chi connectivity index (χ4n) is 5.18. The molecule has 3 N–H and O–H groups in total. The maximum absolute atomic E-state index is 12.6. The molecule has 4 atom stereocenters. The van der Waals surface area contributed by atoms with E-state index in [4.69, 9.17) is 4.74 Å². The van der Waals surface area contributed by atoms with Gasteiger partial charge in [0, 0.05) is 35.3 Å². The molecule has 0 aliphatic heterocycles. The number of para-hydroxylation sites is 2. The Morgan fingerprint density at radius 3 is 2.46 bits per heavy atom. The van der Waals surface area contributed by atoms with Crippen LogP contribution < -0.4 is 10.1 Å². The van der Waals surface area contributed by atoms with E-state index in [2.05, 4.69) is 12.2 Å². The van der Waals surface area contributed by atoms with Gasteiger partial charge in [-0.15, -0.1) is 0 Å². The summed E-state index contributed by atoms with van der Waals surface area (Å²) in [7, 11) is 0. The number of anilines is 1. The molecular weight excluding hydrogens is 538 g/mol. The Morgan fingerprint density at radius 1 is 1.00 bits per heavy atom. The lowest BCUT2D eigenvalue weighted by Gasteiger charge is -2.27. The lowest BCUT2D eigenvalue weighted by atomic mass is 9.98. The molecule has 0 radical (unpaired) electrons. The van der Waals surface area contributed by atoms with Crippen LogP contribution in [-0.4, -0.2) is 50.6 Å². The molecule has 0 saturated heterocycles. The lowest BCUT2D eigenvalue weighted by Crippen LogP contribution is -2.32. The number of aliphatic hydroxyl groups is 2. The normalized spacial score (nSPS) is 20.0. The van der Waals surface area contributed by atoms with E-state index in [0.717, 1.165) is 44.9 Å². The van der Waals surface area contributed by atoms with Crippen molar-refractivity contribution >= 4 is 35.1 Å². The van der Waals surface area contributed by atoms with E-state index in [1.54, 1.807) is 48.5 Å². The van der Waals surface area contributed by atoms with Gasteiger partial charge in [-0.3, -0.25) is 14.4 Å². The highest BCUT2D eigenvalue weighted by Crippen LogP contribution is 2.38. The largest absolute Gasteiger partial charge is 0.424 e. The first-order valence-electron chi connectivity index (χ1n) is 14.9. The van der Waals surface area contributed by atoms with Gasteiger partial charge in [-0.25, -0.2) is 0 Å². The summed E-state index contributed by atoms with van der Waals surface area (Å²) in [6.07, 6.45) is 7.62. The molecule has 2 aromatic rings. The van der Waals surface area contributed by atoms with E-state index in [1.807, 2.05) is 13.0 Å². The highest BCUT2D eigenvalue weighted by atomic mass is 32.2. The molecule has 2 aromatic carbocycles. The number of benzene rings is 2. The van der Waals surface area contributed by atoms with Crippen molar-refractivity contribution in [3.63, 3.8) is 0 Å². The van der Waals surface area contributed by atoms with Crippen LogP contribution in [-0.2, 0) is 9.59 Å². The van der Waals surface area contributed by atoms with E-state index >= 15 is 0 Å². The smallest absolute Gasteiger partial charge is 0.311 e. The van der Waals surface area contributed by atoms with E-state index in [-0.39, 0.29) is 41.7 Å². The van der Waals surface area contributed by atoms with Crippen molar-refractivity contribution in [2.24, 2.45) is 5.92 Å². The number of rotatable bonds is 17. The number of nitrogens with one attached hydrogen (secondary N) is 1. The first-order chi connectivity index (χ1) is 19.7. The zero-order chi connectivity index (χ0) is 29.7. The molecule has 8 heteroatoms. The maximum atomic E-state index is 12.6. The van der Waals surface area contributed by atoms with Gasteiger partial charge < -0.3 is 20.3 Å². The van der Waals surface area contributed by atoms with Crippen LogP contribution in [0.25, 0.3) is 0 Å². The van der Waals surface area contributed by atoms with Crippen LogP contribution in [0.2, 0.25) is 0 Å². The summed E-state index contributed by atoms with van der Waals surface area (Å²) in [5.41, 5.74) is 0.160. The minimum Gasteiger partial charge on any atom is -0.424 e. The molecule has 0 spiro atoms. The molecule has 224 valence electrons. The Hall–Kier alpha value is -2.68. The van der Waals surface area contributed by atoms with Gasteiger partial charge in [-0.05, 0) is 50.5 Å². The molecule has 1 fully saturated rings. The standard InChI is InChI=1S/C33H45NO6S/c1-3-4-14-21-33(2,39)23-41-31-25(27(35)22-28(31)36)17-10-5-6-11-20-30(37)40-29-19-13-12-18-26(29)34-32(38)24-15-8-7-9-16-24/h7-9,12-13,15-16,18-19,25,28,31,36,39H,3-6,10-11,14,17,20-23H2,1-2H3,(H,34,38)/t25-,28+,31+,33?/m0/s1. The fourth-order valence-corrected chi connectivity index (χ4v) is 6.72. The number of carbonyl (C=O) groups excluding carboxylic acids is 3. The number of ether oxygens (including phenoxy) is 1. The van der Waals surface area contributed by atoms with Crippen molar-refractivity contribution in [1.29, 1.82) is 0 Å². The van der Waals surface area contributed by atoms with Crippen LogP contribution in [0, 0.1) is 5.92 Å². The number of carbonyl (C=O) groups is 3. The van der Waals surface area contributed by atoms with Crippen molar-refractivity contribution in [3.8, 4) is 5.75 Å². The number of Topliss-reactive ketones (excluding diaryl/α,β-unsaturated/α-hetero) is 1. The first-order valence-corrected chi connectivity index (χ1v) is 16.0. The Kier molecular flexibility index (Phi) is 13.4. The molecule has 1 aliphatic rings. The zero-order valence-corrected chi connectivity index (χ0v) is 25.2. The summed E-state index contributed by atoms with van der Waals surface area (Å²) in [5, 5.41) is 23.8. The van der Waals surface area contributed by atoms with Crippen LogP contribution in [0.4, 0.5) is 5.69 Å². The number of thioether (sulfide) groups is 1. The Morgan fingerprint density at radius 2 is 1.71 bits per heavy atom. The maximum Gasteiger partial charge on any atom is 0.311 e. The van der Waals surface area contributed by atoms with Crippen LogP contribution in [0.5, 0.6) is 5.75 Å². The summed E-state index contributed by atoms with van der Waals surface area (Å²) >= 11 is 1.54. The number of unbranched alkanes of at least 4 members (excludes halogenated alkanes) is 5. The predicted molar refractivity (Wildman–Crippen MR) is 164 cm³/mol. The van der Waals surface area contributed by atoms with Crippen molar-refractivity contribution in [2.75, 3.05) is 11.1 Å². The highest BCUT2D eigenvalue weighted by Gasteiger charge is 2.42. The number of aliphatic hydroxyl groups excluding tert-OH is 1. The van der Waals surface area contributed by atoms with E-state index in [0.29, 0.717) is 35.6 Å². The van der Waals surface area contributed by atoms with E-state index in [1.165, 1.54) is 11.8 Å². The number of ketones is 1. The van der Waals surface area contributed by atoms with Gasteiger partial charge >= 0.3 is 5.97 Å². The second-order valence-corrected chi connectivity index (χ2v) is 12.5. The molecule has 41 heavy (non-hydrogen) atoms. The second kappa shape index (κ2) is 16.7. The summed E-state index contributed by atoms with van der Waals surface area (Å²) in [6, 6.07) is 15.7. The minimum atomic E-state index is -0.793. The second-order valence-electron chi connectivity index (χ2n) is 11.3. The Bertz CT molecular complexity index is 1120. The van der Waals surface area contributed by atoms with E-state index in [9.17, 15) is 24.6 Å². The van der Waals surface area contributed by atoms with Gasteiger partial charge in [0.2, 0.25) is 0 Å². The molecule has 1 saturated carbocycles.